The molecule has 8 nitrogen and oxygen atoms in total. The Morgan fingerprint density at radius 2 is 1.97 bits per heavy atom. The summed E-state index contributed by atoms with van der Waals surface area (Å²) < 4.78 is 5.80. The van der Waals surface area contributed by atoms with Gasteiger partial charge in [-0.3, -0.25) is 14.7 Å². The smallest absolute Gasteiger partial charge is 0.225 e. The van der Waals surface area contributed by atoms with Crippen LogP contribution in [0.1, 0.15) is 51.7 Å². The summed E-state index contributed by atoms with van der Waals surface area (Å²) in [5.41, 5.74) is -0.0440. The van der Waals surface area contributed by atoms with E-state index in [9.17, 15) is 4.79 Å². The van der Waals surface area contributed by atoms with E-state index >= 15 is 0 Å². The number of carbonyl (C=O) groups is 1. The molecule has 1 saturated heterocycles. The van der Waals surface area contributed by atoms with Gasteiger partial charge in [-0.1, -0.05) is 27.2 Å². The van der Waals surface area contributed by atoms with Gasteiger partial charge >= 0.3 is 0 Å². The molecular weight excluding hydrogens is 368 g/mol. The molecule has 1 amide bonds. The Kier molecular flexibility index (Phi) is 7.16. The van der Waals surface area contributed by atoms with Gasteiger partial charge in [0.2, 0.25) is 11.8 Å². The first-order chi connectivity index (χ1) is 13.9. The second kappa shape index (κ2) is 9.61. The van der Waals surface area contributed by atoms with E-state index < -0.39 is 0 Å². The van der Waals surface area contributed by atoms with Gasteiger partial charge in [0.05, 0.1) is 12.7 Å². The van der Waals surface area contributed by atoms with Crippen molar-refractivity contribution in [2.24, 2.45) is 10.9 Å². The van der Waals surface area contributed by atoms with E-state index in [1.54, 1.807) is 13.2 Å². The quantitative estimate of drug-likeness (QED) is 0.553. The molecule has 0 unspecified atom stereocenters. The van der Waals surface area contributed by atoms with Crippen molar-refractivity contribution in [3.05, 3.63) is 17.8 Å². The van der Waals surface area contributed by atoms with Gasteiger partial charge in [0.1, 0.15) is 5.76 Å². The van der Waals surface area contributed by atoms with Crippen LogP contribution in [0.25, 0.3) is 0 Å². The van der Waals surface area contributed by atoms with Crippen molar-refractivity contribution in [3.8, 4) is 0 Å². The van der Waals surface area contributed by atoms with Crippen molar-refractivity contribution in [1.82, 2.24) is 25.4 Å². The number of carbonyl (C=O) groups excluding carboxylic acids is 1. The Morgan fingerprint density at radius 3 is 2.52 bits per heavy atom. The summed E-state index contributed by atoms with van der Waals surface area (Å²) >= 11 is 0. The van der Waals surface area contributed by atoms with Crippen molar-refractivity contribution in [1.29, 1.82) is 0 Å². The van der Waals surface area contributed by atoms with Crippen LogP contribution < -0.4 is 10.6 Å². The van der Waals surface area contributed by atoms with Gasteiger partial charge in [0.25, 0.3) is 0 Å². The second-order valence-corrected chi connectivity index (χ2v) is 9.02. The Labute approximate surface area is 174 Å². The normalized spacial score (nSPS) is 19.2. The molecular formula is C21H36N6O2. The van der Waals surface area contributed by atoms with Crippen molar-refractivity contribution >= 4 is 11.9 Å². The zero-order chi connectivity index (χ0) is 20.9. The van der Waals surface area contributed by atoms with Crippen LogP contribution in [0.2, 0.25) is 0 Å². The highest BCUT2D eigenvalue weighted by atomic mass is 16.4. The standard InChI is InChI=1S/C21H36N6O2/c1-21(2,3)17-14-24-18(29-17)15-25-20(22-4)23-8-9-26-10-12-27(13-11-26)19(28)16-6-5-7-16/h14,16H,5-13,15H2,1-4H3,(H2,22,23,25). The summed E-state index contributed by atoms with van der Waals surface area (Å²) in [5, 5.41) is 6.59. The first kappa shape index (κ1) is 21.6. The maximum absolute atomic E-state index is 12.3. The van der Waals surface area contributed by atoms with E-state index in [0.29, 0.717) is 24.3 Å². The van der Waals surface area contributed by atoms with Gasteiger partial charge in [-0.15, -0.1) is 0 Å². The number of guanidine groups is 1. The molecule has 1 saturated carbocycles. The molecule has 29 heavy (non-hydrogen) atoms. The summed E-state index contributed by atoms with van der Waals surface area (Å²) in [6.07, 6.45) is 5.17. The summed E-state index contributed by atoms with van der Waals surface area (Å²) in [7, 11) is 1.76. The van der Waals surface area contributed by atoms with Gasteiger partial charge in [0.15, 0.2) is 5.96 Å². The molecule has 2 heterocycles. The van der Waals surface area contributed by atoms with Crippen molar-refractivity contribution in [2.75, 3.05) is 46.3 Å². The lowest BCUT2D eigenvalue weighted by molar-refractivity contribution is -0.139. The third-order valence-electron chi connectivity index (χ3n) is 5.78. The number of hydrogen-bond acceptors (Lipinski definition) is 5. The number of amides is 1. The fourth-order valence-corrected chi connectivity index (χ4v) is 3.56. The molecule has 3 rings (SSSR count). The van der Waals surface area contributed by atoms with Crippen LogP contribution >= 0.6 is 0 Å². The number of rotatable bonds is 6. The lowest BCUT2D eigenvalue weighted by Crippen LogP contribution is -2.52. The largest absolute Gasteiger partial charge is 0.443 e. The van der Waals surface area contributed by atoms with Gasteiger partial charge in [0, 0.05) is 57.6 Å². The van der Waals surface area contributed by atoms with E-state index in [-0.39, 0.29) is 5.41 Å². The van der Waals surface area contributed by atoms with Gasteiger partial charge in [-0.2, -0.15) is 0 Å². The second-order valence-electron chi connectivity index (χ2n) is 9.02. The van der Waals surface area contributed by atoms with Crippen molar-refractivity contribution < 1.29 is 9.21 Å². The maximum atomic E-state index is 12.3. The first-order valence-corrected chi connectivity index (χ1v) is 10.8. The molecule has 0 bridgehead atoms. The van der Waals surface area contributed by atoms with Gasteiger partial charge < -0.3 is 20.0 Å². The zero-order valence-electron chi connectivity index (χ0n) is 18.3. The molecule has 1 aliphatic carbocycles. The highest BCUT2D eigenvalue weighted by Gasteiger charge is 2.31. The molecule has 2 aliphatic rings. The number of aromatic nitrogens is 1. The molecule has 2 fully saturated rings. The number of nitrogens with zero attached hydrogens (tertiary/aromatic N) is 4. The molecule has 162 valence electrons. The highest BCUT2D eigenvalue weighted by molar-refractivity contribution is 5.80. The van der Waals surface area contributed by atoms with E-state index in [1.165, 1.54) is 6.42 Å². The van der Waals surface area contributed by atoms with Crippen LogP contribution in [0.15, 0.2) is 15.6 Å². The molecule has 8 heteroatoms. The van der Waals surface area contributed by atoms with Crippen molar-refractivity contribution in [2.45, 2.75) is 52.0 Å². The number of piperazine rings is 1. The zero-order valence-corrected chi connectivity index (χ0v) is 18.3. The number of nitrogens with one attached hydrogen (secondary N) is 2. The average Bonchev–Trinajstić information content (AvgIpc) is 3.13. The number of hydrogen-bond donors (Lipinski definition) is 2. The lowest BCUT2D eigenvalue weighted by Gasteiger charge is -2.38. The average molecular weight is 405 g/mol. The monoisotopic (exact) mass is 404 g/mol. The first-order valence-electron chi connectivity index (χ1n) is 10.8. The molecule has 1 aromatic rings. The third kappa shape index (κ3) is 5.95. The van der Waals surface area contributed by atoms with Crippen LogP contribution in [0, 0.1) is 5.92 Å². The molecule has 0 atom stereocenters. The molecule has 0 aromatic carbocycles. The van der Waals surface area contributed by atoms with E-state index in [2.05, 4.69) is 51.2 Å². The lowest BCUT2D eigenvalue weighted by atomic mass is 9.84. The maximum Gasteiger partial charge on any atom is 0.225 e. The SMILES string of the molecule is CN=C(NCCN1CCN(C(=O)C2CCC2)CC1)NCc1ncc(C(C)(C)C)o1. The highest BCUT2D eigenvalue weighted by Crippen LogP contribution is 2.28. The fourth-order valence-electron chi connectivity index (χ4n) is 3.56. The minimum atomic E-state index is -0.0440. The van der Waals surface area contributed by atoms with E-state index in [0.717, 1.165) is 63.8 Å². The Hall–Kier alpha value is -2.09. The minimum Gasteiger partial charge on any atom is -0.443 e. The van der Waals surface area contributed by atoms with Crippen LogP contribution in [0.5, 0.6) is 0 Å². The summed E-state index contributed by atoms with van der Waals surface area (Å²) in [6, 6.07) is 0. The predicted molar refractivity (Wildman–Crippen MR) is 114 cm³/mol. The molecule has 2 N–H and O–H groups in total. The number of oxazole rings is 1. The van der Waals surface area contributed by atoms with Crippen molar-refractivity contribution in [3.63, 3.8) is 0 Å². The van der Waals surface area contributed by atoms with E-state index in [1.807, 2.05) is 0 Å². The van der Waals surface area contributed by atoms with Gasteiger partial charge in [-0.05, 0) is 12.8 Å². The minimum absolute atomic E-state index is 0.0440. The Balaban J connectivity index is 1.33. The van der Waals surface area contributed by atoms with Crippen LogP contribution in [-0.4, -0.2) is 73.0 Å². The summed E-state index contributed by atoms with van der Waals surface area (Å²) in [5.74, 6) is 2.96. The molecule has 0 radical (unpaired) electrons. The molecule has 1 aromatic heterocycles. The van der Waals surface area contributed by atoms with Crippen LogP contribution in [-0.2, 0) is 16.8 Å². The van der Waals surface area contributed by atoms with Crippen LogP contribution in [0.4, 0.5) is 0 Å². The molecule has 0 spiro atoms. The third-order valence-corrected chi connectivity index (χ3v) is 5.78. The predicted octanol–water partition coefficient (Wildman–Crippen LogP) is 1.58. The summed E-state index contributed by atoms with van der Waals surface area (Å²) in [4.78, 5) is 25.4. The van der Waals surface area contributed by atoms with Crippen LogP contribution in [0.3, 0.4) is 0 Å². The fraction of sp³-hybridized carbons (Fsp3) is 0.762. The number of aliphatic imine (C=N–C) groups is 1. The van der Waals surface area contributed by atoms with E-state index in [4.69, 9.17) is 4.42 Å². The molecule has 1 aliphatic heterocycles. The summed E-state index contributed by atoms with van der Waals surface area (Å²) in [6.45, 7) is 12.1. The Bertz CT molecular complexity index is 696. The van der Waals surface area contributed by atoms with Gasteiger partial charge in [-0.25, -0.2) is 4.98 Å². The Morgan fingerprint density at radius 1 is 1.24 bits per heavy atom. The topological polar surface area (TPSA) is 86.0 Å².